The Bertz CT molecular complexity index is 403. The molecule has 0 aliphatic heterocycles. The minimum Gasteiger partial charge on any atom is -0.337 e. The second-order valence-electron chi connectivity index (χ2n) is 4.47. The van der Waals surface area contributed by atoms with E-state index in [0.29, 0.717) is 5.92 Å². The Morgan fingerprint density at radius 2 is 2.06 bits per heavy atom. The van der Waals surface area contributed by atoms with E-state index in [-0.39, 0.29) is 17.8 Å². The van der Waals surface area contributed by atoms with Gasteiger partial charge in [0, 0.05) is 17.8 Å². The lowest BCUT2D eigenvalue weighted by molar-refractivity contribution is -0.129. The van der Waals surface area contributed by atoms with Crippen molar-refractivity contribution in [2.24, 2.45) is 0 Å². The van der Waals surface area contributed by atoms with Crippen LogP contribution in [0.2, 0.25) is 0 Å². The van der Waals surface area contributed by atoms with Crippen molar-refractivity contribution in [3.05, 3.63) is 15.6 Å². The van der Waals surface area contributed by atoms with Gasteiger partial charge < -0.3 is 4.90 Å². The number of aromatic nitrogens is 1. The molecule has 0 N–H and O–H groups in total. The summed E-state index contributed by atoms with van der Waals surface area (Å²) in [4.78, 5) is 18.9. The van der Waals surface area contributed by atoms with E-state index >= 15 is 0 Å². The summed E-state index contributed by atoms with van der Waals surface area (Å²) in [7, 11) is 1.78. The fraction of sp³-hybridized carbons (Fsp3) is 0.667. The summed E-state index contributed by atoms with van der Waals surface area (Å²) in [5, 5.41) is 1.12. The Morgan fingerprint density at radius 3 is 2.47 bits per heavy atom. The zero-order valence-corrected chi connectivity index (χ0v) is 12.5. The summed E-state index contributed by atoms with van der Waals surface area (Å²) in [6.07, 6.45) is 0. The molecule has 1 aromatic rings. The van der Waals surface area contributed by atoms with Crippen molar-refractivity contribution >= 4 is 28.8 Å². The maximum absolute atomic E-state index is 11.6. The van der Waals surface area contributed by atoms with Crippen molar-refractivity contribution < 1.29 is 4.79 Å². The maximum Gasteiger partial charge on any atom is 0.237 e. The molecule has 0 saturated carbocycles. The highest BCUT2D eigenvalue weighted by molar-refractivity contribution is 7.11. The summed E-state index contributed by atoms with van der Waals surface area (Å²) >= 11 is 7.25. The standard InChI is InChI=1S/C12H19ClN2OS/c1-7(2)12-14-8(3)11(17-12)9(4)15(5)10(16)6-13/h7,9H,6H2,1-5H3. The molecule has 96 valence electrons. The highest BCUT2D eigenvalue weighted by Gasteiger charge is 2.21. The first-order valence-corrected chi connectivity index (χ1v) is 7.02. The zero-order chi connectivity index (χ0) is 13.2. The SMILES string of the molecule is Cc1nc(C(C)C)sc1C(C)N(C)C(=O)CCl. The van der Waals surface area contributed by atoms with Crippen molar-refractivity contribution in [1.29, 1.82) is 0 Å². The predicted molar refractivity (Wildman–Crippen MR) is 72.8 cm³/mol. The first kappa shape index (κ1) is 14.5. The van der Waals surface area contributed by atoms with E-state index in [2.05, 4.69) is 18.8 Å². The van der Waals surface area contributed by atoms with Gasteiger partial charge in [0.05, 0.1) is 16.7 Å². The summed E-state index contributed by atoms with van der Waals surface area (Å²) in [5.41, 5.74) is 1.01. The van der Waals surface area contributed by atoms with Gasteiger partial charge in [-0.2, -0.15) is 0 Å². The van der Waals surface area contributed by atoms with Gasteiger partial charge in [0.1, 0.15) is 5.88 Å². The minimum atomic E-state index is -0.0573. The molecular formula is C12H19ClN2OS. The molecule has 0 fully saturated rings. The number of amides is 1. The van der Waals surface area contributed by atoms with Gasteiger partial charge in [-0.3, -0.25) is 4.79 Å². The van der Waals surface area contributed by atoms with Gasteiger partial charge in [-0.05, 0) is 13.8 Å². The lowest BCUT2D eigenvalue weighted by Gasteiger charge is -2.23. The van der Waals surface area contributed by atoms with E-state index in [9.17, 15) is 4.79 Å². The predicted octanol–water partition coefficient (Wildman–Crippen LogP) is 3.33. The molecule has 0 radical (unpaired) electrons. The second kappa shape index (κ2) is 5.83. The zero-order valence-electron chi connectivity index (χ0n) is 11.0. The minimum absolute atomic E-state index is 0.0235. The van der Waals surface area contributed by atoms with E-state index in [1.165, 1.54) is 0 Å². The lowest BCUT2D eigenvalue weighted by Crippen LogP contribution is -2.30. The third-order valence-corrected chi connectivity index (χ3v) is 4.67. The number of halogens is 1. The van der Waals surface area contributed by atoms with Crippen molar-refractivity contribution in [3.63, 3.8) is 0 Å². The number of aryl methyl sites for hydroxylation is 1. The van der Waals surface area contributed by atoms with Crippen molar-refractivity contribution in [2.75, 3.05) is 12.9 Å². The highest BCUT2D eigenvalue weighted by Crippen LogP contribution is 2.31. The molecule has 1 aromatic heterocycles. The van der Waals surface area contributed by atoms with Gasteiger partial charge in [-0.25, -0.2) is 4.98 Å². The molecule has 1 unspecified atom stereocenters. The quantitative estimate of drug-likeness (QED) is 0.789. The van der Waals surface area contributed by atoms with E-state index in [4.69, 9.17) is 11.6 Å². The van der Waals surface area contributed by atoms with E-state index in [0.717, 1.165) is 15.6 Å². The van der Waals surface area contributed by atoms with Crippen LogP contribution in [-0.4, -0.2) is 28.7 Å². The maximum atomic E-state index is 11.6. The van der Waals surface area contributed by atoms with Crippen molar-refractivity contribution in [2.45, 2.75) is 39.7 Å². The Balaban J connectivity index is 2.96. The van der Waals surface area contributed by atoms with Crippen LogP contribution in [0.25, 0.3) is 0 Å². The molecule has 0 spiro atoms. The molecule has 0 aliphatic carbocycles. The molecule has 17 heavy (non-hydrogen) atoms. The van der Waals surface area contributed by atoms with Gasteiger partial charge in [0.2, 0.25) is 5.91 Å². The molecule has 1 atom stereocenters. The monoisotopic (exact) mass is 274 g/mol. The van der Waals surface area contributed by atoms with Crippen LogP contribution in [0.3, 0.4) is 0 Å². The van der Waals surface area contributed by atoms with Gasteiger partial charge >= 0.3 is 0 Å². The van der Waals surface area contributed by atoms with E-state index < -0.39 is 0 Å². The Hall–Kier alpha value is -0.610. The van der Waals surface area contributed by atoms with Crippen LogP contribution in [0, 0.1) is 6.92 Å². The van der Waals surface area contributed by atoms with Crippen LogP contribution in [0.5, 0.6) is 0 Å². The average Bonchev–Trinajstić information content (AvgIpc) is 2.68. The molecule has 3 nitrogen and oxygen atoms in total. The number of thiazole rings is 1. The summed E-state index contributed by atoms with van der Waals surface area (Å²) in [6, 6.07) is 0.0336. The highest BCUT2D eigenvalue weighted by atomic mass is 35.5. The van der Waals surface area contributed by atoms with E-state index in [1.54, 1.807) is 23.3 Å². The van der Waals surface area contributed by atoms with Crippen LogP contribution in [0.1, 0.15) is 48.3 Å². The number of carbonyl (C=O) groups is 1. The van der Waals surface area contributed by atoms with Crippen LogP contribution in [0.4, 0.5) is 0 Å². The first-order valence-electron chi connectivity index (χ1n) is 5.67. The molecule has 1 rings (SSSR count). The van der Waals surface area contributed by atoms with Gasteiger partial charge in [-0.1, -0.05) is 13.8 Å². The molecule has 0 saturated heterocycles. The molecule has 5 heteroatoms. The summed E-state index contributed by atoms with van der Waals surface area (Å²) in [5.74, 6) is 0.391. The fourth-order valence-corrected chi connectivity index (χ4v) is 2.90. The number of hydrogen-bond donors (Lipinski definition) is 0. The lowest BCUT2D eigenvalue weighted by atomic mass is 10.2. The normalized spacial score (nSPS) is 12.9. The fourth-order valence-electron chi connectivity index (χ4n) is 1.55. The smallest absolute Gasteiger partial charge is 0.237 e. The van der Waals surface area contributed by atoms with Crippen molar-refractivity contribution in [1.82, 2.24) is 9.88 Å². The molecular weight excluding hydrogens is 256 g/mol. The molecule has 1 amide bonds. The average molecular weight is 275 g/mol. The second-order valence-corrected chi connectivity index (χ2v) is 5.80. The largest absolute Gasteiger partial charge is 0.337 e. The number of rotatable bonds is 4. The molecule has 0 aliphatic rings. The van der Waals surface area contributed by atoms with E-state index in [1.807, 2.05) is 13.8 Å². The van der Waals surface area contributed by atoms with Crippen LogP contribution < -0.4 is 0 Å². The summed E-state index contributed by atoms with van der Waals surface area (Å²) in [6.45, 7) is 8.25. The Morgan fingerprint density at radius 1 is 1.47 bits per heavy atom. The van der Waals surface area contributed by atoms with Gasteiger partial charge in [0.15, 0.2) is 0 Å². The molecule has 0 aromatic carbocycles. The third-order valence-electron chi connectivity index (χ3n) is 2.81. The summed E-state index contributed by atoms with van der Waals surface area (Å²) < 4.78 is 0. The van der Waals surface area contributed by atoms with Crippen molar-refractivity contribution in [3.8, 4) is 0 Å². The number of hydrogen-bond acceptors (Lipinski definition) is 3. The molecule has 0 bridgehead atoms. The molecule has 1 heterocycles. The first-order chi connectivity index (χ1) is 7.88. The van der Waals surface area contributed by atoms with Crippen LogP contribution >= 0.6 is 22.9 Å². The van der Waals surface area contributed by atoms with Crippen LogP contribution in [0.15, 0.2) is 0 Å². The number of carbonyl (C=O) groups excluding carboxylic acids is 1. The Labute approximate surface area is 112 Å². The number of nitrogens with zero attached hydrogens (tertiary/aromatic N) is 2. The van der Waals surface area contributed by atoms with Gasteiger partial charge in [-0.15, -0.1) is 22.9 Å². The third kappa shape index (κ3) is 3.19. The number of alkyl halides is 1. The van der Waals surface area contributed by atoms with Gasteiger partial charge in [0.25, 0.3) is 0 Å². The topological polar surface area (TPSA) is 33.2 Å². The van der Waals surface area contributed by atoms with Crippen LogP contribution in [-0.2, 0) is 4.79 Å². The Kier molecular flexibility index (Phi) is 4.95.